The molecular formula is C20H27NO6S. The van der Waals surface area contributed by atoms with Crippen LogP contribution in [0.25, 0.3) is 0 Å². The third-order valence-electron chi connectivity index (χ3n) is 5.37. The van der Waals surface area contributed by atoms with E-state index in [0.717, 1.165) is 19.3 Å². The predicted molar refractivity (Wildman–Crippen MR) is 102 cm³/mol. The molecule has 2 aliphatic rings. The van der Waals surface area contributed by atoms with Crippen molar-refractivity contribution in [2.45, 2.75) is 50.0 Å². The Morgan fingerprint density at radius 3 is 2.36 bits per heavy atom. The van der Waals surface area contributed by atoms with Crippen LogP contribution in [-0.4, -0.2) is 56.9 Å². The molecule has 2 aliphatic heterocycles. The molecule has 0 spiro atoms. The second kappa shape index (κ2) is 9.15. The minimum Gasteiger partial charge on any atom is -0.463 e. The summed E-state index contributed by atoms with van der Waals surface area (Å²) in [5.41, 5.74) is 0.474. The van der Waals surface area contributed by atoms with Gasteiger partial charge >= 0.3 is 5.97 Å². The number of piperidine rings is 1. The molecule has 8 heteroatoms. The van der Waals surface area contributed by atoms with E-state index in [2.05, 4.69) is 0 Å². The number of benzene rings is 1. The summed E-state index contributed by atoms with van der Waals surface area (Å²) < 4.78 is 37.9. The highest BCUT2D eigenvalue weighted by Gasteiger charge is 2.33. The molecule has 154 valence electrons. The molecular weight excluding hydrogens is 382 g/mol. The highest BCUT2D eigenvalue weighted by Crippen LogP contribution is 2.25. The lowest BCUT2D eigenvalue weighted by molar-refractivity contribution is -0.155. The van der Waals surface area contributed by atoms with Crippen LogP contribution in [0.5, 0.6) is 0 Å². The van der Waals surface area contributed by atoms with Gasteiger partial charge < -0.3 is 9.47 Å². The Hall–Kier alpha value is -1.77. The molecule has 0 amide bonds. The molecule has 1 atom stereocenters. The number of carbonyl (C=O) groups is 2. The zero-order valence-electron chi connectivity index (χ0n) is 16.1. The van der Waals surface area contributed by atoms with E-state index in [0.29, 0.717) is 25.0 Å². The van der Waals surface area contributed by atoms with E-state index in [1.54, 1.807) is 0 Å². The fourth-order valence-corrected chi connectivity index (χ4v) is 5.04. The lowest BCUT2D eigenvalue weighted by Crippen LogP contribution is -2.41. The van der Waals surface area contributed by atoms with E-state index in [-0.39, 0.29) is 48.4 Å². The average molecular weight is 410 g/mol. The standard InChI is InChI=1S/C20H27NO6S/c1-15(22)16-5-7-19(8-6-16)28(24,25)21-11-9-17(10-12-21)20(23)27-14-18-4-2-3-13-26-18/h5-8,17-18H,2-4,9-14H2,1H3. The van der Waals surface area contributed by atoms with Crippen LogP contribution in [-0.2, 0) is 24.3 Å². The lowest BCUT2D eigenvalue weighted by Gasteiger charge is -2.30. The van der Waals surface area contributed by atoms with Crippen molar-refractivity contribution in [3.8, 4) is 0 Å². The zero-order chi connectivity index (χ0) is 20.1. The highest BCUT2D eigenvalue weighted by molar-refractivity contribution is 7.89. The van der Waals surface area contributed by atoms with Crippen LogP contribution in [0, 0.1) is 5.92 Å². The third kappa shape index (κ3) is 4.98. The van der Waals surface area contributed by atoms with Gasteiger partial charge in [-0.2, -0.15) is 4.31 Å². The number of ketones is 1. The average Bonchev–Trinajstić information content (AvgIpc) is 2.73. The molecule has 28 heavy (non-hydrogen) atoms. The van der Waals surface area contributed by atoms with Gasteiger partial charge in [-0.1, -0.05) is 12.1 Å². The maximum absolute atomic E-state index is 12.8. The number of sulfonamides is 1. The van der Waals surface area contributed by atoms with Gasteiger partial charge in [0, 0.05) is 25.3 Å². The molecule has 0 radical (unpaired) electrons. The minimum absolute atomic E-state index is 0.0175. The van der Waals surface area contributed by atoms with Crippen LogP contribution < -0.4 is 0 Å². The molecule has 0 bridgehead atoms. The van der Waals surface area contributed by atoms with E-state index < -0.39 is 10.0 Å². The van der Waals surface area contributed by atoms with Crippen LogP contribution in [0.4, 0.5) is 0 Å². The summed E-state index contributed by atoms with van der Waals surface area (Å²) in [5, 5.41) is 0. The molecule has 1 aromatic carbocycles. The Bertz CT molecular complexity index is 790. The Kier molecular flexibility index (Phi) is 6.85. The summed E-state index contributed by atoms with van der Waals surface area (Å²) in [6, 6.07) is 5.95. The van der Waals surface area contributed by atoms with Gasteiger partial charge in [-0.25, -0.2) is 8.42 Å². The number of rotatable bonds is 6. The van der Waals surface area contributed by atoms with Gasteiger partial charge in [-0.15, -0.1) is 0 Å². The number of hydrogen-bond donors (Lipinski definition) is 0. The first-order chi connectivity index (χ1) is 13.4. The Morgan fingerprint density at radius 1 is 1.11 bits per heavy atom. The van der Waals surface area contributed by atoms with Gasteiger partial charge in [-0.05, 0) is 51.2 Å². The predicted octanol–water partition coefficient (Wildman–Crippen LogP) is 2.40. The summed E-state index contributed by atoms with van der Waals surface area (Å²) >= 11 is 0. The molecule has 3 rings (SSSR count). The first-order valence-electron chi connectivity index (χ1n) is 9.77. The molecule has 0 N–H and O–H groups in total. The molecule has 1 aromatic rings. The van der Waals surface area contributed by atoms with Gasteiger partial charge in [0.15, 0.2) is 5.78 Å². The maximum Gasteiger partial charge on any atom is 0.309 e. The Balaban J connectivity index is 1.52. The summed E-state index contributed by atoms with van der Waals surface area (Å²) in [6.07, 6.45) is 3.91. The van der Waals surface area contributed by atoms with Crippen LogP contribution in [0.3, 0.4) is 0 Å². The van der Waals surface area contributed by atoms with Gasteiger partial charge in [-0.3, -0.25) is 9.59 Å². The number of carbonyl (C=O) groups excluding carboxylic acids is 2. The van der Waals surface area contributed by atoms with Crippen LogP contribution in [0.2, 0.25) is 0 Å². The summed E-state index contributed by atoms with van der Waals surface area (Å²) in [7, 11) is -3.63. The van der Waals surface area contributed by atoms with Gasteiger partial charge in [0.05, 0.1) is 16.9 Å². The van der Waals surface area contributed by atoms with E-state index in [4.69, 9.17) is 9.47 Å². The van der Waals surface area contributed by atoms with Crippen molar-refractivity contribution in [2.24, 2.45) is 5.92 Å². The molecule has 0 aliphatic carbocycles. The monoisotopic (exact) mass is 409 g/mol. The van der Waals surface area contributed by atoms with Crippen molar-refractivity contribution in [3.05, 3.63) is 29.8 Å². The molecule has 2 heterocycles. The van der Waals surface area contributed by atoms with Crippen LogP contribution in [0.1, 0.15) is 49.4 Å². The SMILES string of the molecule is CC(=O)c1ccc(S(=O)(=O)N2CCC(C(=O)OCC3CCCCO3)CC2)cc1. The Labute approximate surface area is 166 Å². The summed E-state index contributed by atoms with van der Waals surface area (Å²) in [6.45, 7) is 2.98. The first-order valence-corrected chi connectivity index (χ1v) is 11.2. The number of nitrogens with zero attached hydrogens (tertiary/aromatic N) is 1. The molecule has 0 saturated carbocycles. The highest BCUT2D eigenvalue weighted by atomic mass is 32.2. The number of ether oxygens (including phenoxy) is 2. The molecule has 2 fully saturated rings. The second-order valence-electron chi connectivity index (χ2n) is 7.38. The summed E-state index contributed by atoms with van der Waals surface area (Å²) in [4.78, 5) is 23.8. The van der Waals surface area contributed by atoms with E-state index in [1.165, 1.54) is 35.5 Å². The van der Waals surface area contributed by atoms with Crippen molar-refractivity contribution in [1.29, 1.82) is 0 Å². The molecule has 0 aromatic heterocycles. The van der Waals surface area contributed by atoms with Crippen molar-refractivity contribution in [1.82, 2.24) is 4.31 Å². The first kappa shape index (κ1) is 21.0. The third-order valence-corrected chi connectivity index (χ3v) is 7.28. The molecule has 1 unspecified atom stereocenters. The van der Waals surface area contributed by atoms with Crippen molar-refractivity contribution in [3.63, 3.8) is 0 Å². The Morgan fingerprint density at radius 2 is 1.79 bits per heavy atom. The van der Waals surface area contributed by atoms with Crippen LogP contribution in [0.15, 0.2) is 29.2 Å². The smallest absolute Gasteiger partial charge is 0.309 e. The number of hydrogen-bond acceptors (Lipinski definition) is 6. The minimum atomic E-state index is -3.63. The second-order valence-corrected chi connectivity index (χ2v) is 9.32. The number of Topliss-reactive ketones (excluding diaryl/α,β-unsaturated/α-hetero) is 1. The van der Waals surface area contributed by atoms with Crippen molar-refractivity contribution >= 4 is 21.8 Å². The number of esters is 1. The topological polar surface area (TPSA) is 90.0 Å². The van der Waals surface area contributed by atoms with Gasteiger partial charge in [0.1, 0.15) is 6.61 Å². The largest absolute Gasteiger partial charge is 0.463 e. The normalized spacial score (nSPS) is 22.0. The lowest BCUT2D eigenvalue weighted by atomic mass is 9.98. The summed E-state index contributed by atoms with van der Waals surface area (Å²) in [5.74, 6) is -0.658. The van der Waals surface area contributed by atoms with Gasteiger partial charge in [0.2, 0.25) is 10.0 Å². The van der Waals surface area contributed by atoms with E-state index >= 15 is 0 Å². The van der Waals surface area contributed by atoms with Crippen molar-refractivity contribution < 1.29 is 27.5 Å². The zero-order valence-corrected chi connectivity index (χ0v) is 16.9. The fourth-order valence-electron chi connectivity index (χ4n) is 3.57. The van der Waals surface area contributed by atoms with E-state index in [9.17, 15) is 18.0 Å². The van der Waals surface area contributed by atoms with Crippen LogP contribution >= 0.6 is 0 Å². The van der Waals surface area contributed by atoms with Crippen molar-refractivity contribution in [2.75, 3.05) is 26.3 Å². The van der Waals surface area contributed by atoms with E-state index in [1.807, 2.05) is 0 Å². The quantitative estimate of drug-likeness (QED) is 0.529. The maximum atomic E-state index is 12.8. The molecule has 2 saturated heterocycles. The molecule has 7 nitrogen and oxygen atoms in total. The fraction of sp³-hybridized carbons (Fsp3) is 0.600. The van der Waals surface area contributed by atoms with Gasteiger partial charge in [0.25, 0.3) is 0 Å².